The van der Waals surface area contributed by atoms with Crippen molar-refractivity contribution < 1.29 is 14.3 Å². The number of carbonyl (C=O) groups is 2. The van der Waals surface area contributed by atoms with E-state index in [1.807, 2.05) is 0 Å². The SMILES string of the molecule is NC(=O)c1cnc(NC(=O)CCC2CCCO2)s1. The van der Waals surface area contributed by atoms with Crippen LogP contribution in [0.5, 0.6) is 0 Å². The smallest absolute Gasteiger partial charge is 0.260 e. The molecule has 0 saturated carbocycles. The molecule has 0 bridgehead atoms. The summed E-state index contributed by atoms with van der Waals surface area (Å²) in [5.41, 5.74) is 5.10. The molecule has 0 spiro atoms. The van der Waals surface area contributed by atoms with Gasteiger partial charge in [0.05, 0.1) is 12.3 Å². The van der Waals surface area contributed by atoms with Crippen molar-refractivity contribution in [1.29, 1.82) is 0 Å². The summed E-state index contributed by atoms with van der Waals surface area (Å²) in [6.07, 6.45) is 4.78. The van der Waals surface area contributed by atoms with Crippen molar-refractivity contribution in [3.05, 3.63) is 11.1 Å². The highest BCUT2D eigenvalue weighted by Gasteiger charge is 2.17. The molecule has 2 heterocycles. The fourth-order valence-electron chi connectivity index (χ4n) is 1.79. The first-order chi connectivity index (χ1) is 8.65. The van der Waals surface area contributed by atoms with Crippen LogP contribution < -0.4 is 11.1 Å². The number of thiazole rings is 1. The second kappa shape index (κ2) is 5.92. The van der Waals surface area contributed by atoms with E-state index in [0.29, 0.717) is 16.4 Å². The van der Waals surface area contributed by atoms with Crippen molar-refractivity contribution in [2.75, 3.05) is 11.9 Å². The normalized spacial score (nSPS) is 18.8. The quantitative estimate of drug-likeness (QED) is 0.838. The molecule has 0 aromatic carbocycles. The summed E-state index contributed by atoms with van der Waals surface area (Å²) in [5, 5.41) is 3.05. The Hall–Kier alpha value is -1.47. The van der Waals surface area contributed by atoms with E-state index in [2.05, 4.69) is 10.3 Å². The van der Waals surface area contributed by atoms with Crippen LogP contribution in [0.1, 0.15) is 35.4 Å². The molecule has 1 saturated heterocycles. The molecule has 98 valence electrons. The molecular formula is C11H15N3O3S. The molecule has 2 rings (SSSR count). The summed E-state index contributed by atoms with van der Waals surface area (Å²) < 4.78 is 5.43. The van der Waals surface area contributed by atoms with E-state index in [1.54, 1.807) is 0 Å². The van der Waals surface area contributed by atoms with Crippen LogP contribution in [0.3, 0.4) is 0 Å². The molecule has 2 amide bonds. The molecule has 7 heteroatoms. The number of amides is 2. The van der Waals surface area contributed by atoms with Crippen LogP contribution in [0.4, 0.5) is 5.13 Å². The highest BCUT2D eigenvalue weighted by molar-refractivity contribution is 7.17. The molecular weight excluding hydrogens is 254 g/mol. The maximum Gasteiger partial charge on any atom is 0.260 e. The number of nitrogens with zero attached hydrogens (tertiary/aromatic N) is 1. The van der Waals surface area contributed by atoms with Crippen LogP contribution >= 0.6 is 11.3 Å². The number of ether oxygens (including phenoxy) is 1. The van der Waals surface area contributed by atoms with E-state index in [9.17, 15) is 9.59 Å². The van der Waals surface area contributed by atoms with E-state index in [0.717, 1.165) is 37.2 Å². The average molecular weight is 269 g/mol. The van der Waals surface area contributed by atoms with E-state index in [-0.39, 0.29) is 12.0 Å². The average Bonchev–Trinajstić information content (AvgIpc) is 2.96. The maximum absolute atomic E-state index is 11.6. The molecule has 0 radical (unpaired) electrons. The Morgan fingerprint density at radius 1 is 1.61 bits per heavy atom. The lowest BCUT2D eigenvalue weighted by atomic mass is 10.1. The summed E-state index contributed by atoms with van der Waals surface area (Å²) in [6, 6.07) is 0. The minimum atomic E-state index is -0.535. The lowest BCUT2D eigenvalue weighted by Crippen LogP contribution is -2.15. The van der Waals surface area contributed by atoms with Crippen molar-refractivity contribution in [2.45, 2.75) is 31.8 Å². The number of anilines is 1. The molecule has 18 heavy (non-hydrogen) atoms. The second-order valence-corrected chi connectivity index (χ2v) is 5.15. The summed E-state index contributed by atoms with van der Waals surface area (Å²) in [7, 11) is 0. The topological polar surface area (TPSA) is 94.3 Å². The van der Waals surface area contributed by atoms with E-state index >= 15 is 0 Å². The molecule has 1 aromatic heterocycles. The fourth-order valence-corrected chi connectivity index (χ4v) is 2.48. The molecule has 1 aliphatic heterocycles. The Morgan fingerprint density at radius 3 is 3.06 bits per heavy atom. The zero-order valence-corrected chi connectivity index (χ0v) is 10.7. The number of hydrogen-bond donors (Lipinski definition) is 2. The number of hydrogen-bond acceptors (Lipinski definition) is 5. The number of nitrogens with one attached hydrogen (secondary N) is 1. The Morgan fingerprint density at radius 2 is 2.44 bits per heavy atom. The van der Waals surface area contributed by atoms with Gasteiger partial charge in [-0.3, -0.25) is 9.59 Å². The zero-order valence-electron chi connectivity index (χ0n) is 9.85. The Bertz CT molecular complexity index is 440. The van der Waals surface area contributed by atoms with Gasteiger partial charge in [-0.05, 0) is 19.3 Å². The first-order valence-corrected chi connectivity index (χ1v) is 6.64. The third-order valence-corrected chi connectivity index (χ3v) is 3.64. The van der Waals surface area contributed by atoms with Crippen LogP contribution in [0.2, 0.25) is 0 Å². The highest BCUT2D eigenvalue weighted by Crippen LogP contribution is 2.19. The molecule has 3 N–H and O–H groups in total. The van der Waals surface area contributed by atoms with Crippen LogP contribution in [-0.2, 0) is 9.53 Å². The minimum Gasteiger partial charge on any atom is -0.378 e. The molecule has 1 unspecified atom stereocenters. The van der Waals surface area contributed by atoms with Crippen molar-refractivity contribution in [3.63, 3.8) is 0 Å². The Balaban J connectivity index is 1.77. The molecule has 1 aliphatic rings. The molecule has 1 atom stereocenters. The predicted octanol–water partition coefficient (Wildman–Crippen LogP) is 1.14. The van der Waals surface area contributed by atoms with Crippen LogP contribution in [0, 0.1) is 0 Å². The third kappa shape index (κ3) is 3.51. The van der Waals surface area contributed by atoms with Crippen LogP contribution in [0.15, 0.2) is 6.20 Å². The van der Waals surface area contributed by atoms with Gasteiger partial charge in [-0.2, -0.15) is 0 Å². The van der Waals surface area contributed by atoms with Gasteiger partial charge in [0.1, 0.15) is 4.88 Å². The lowest BCUT2D eigenvalue weighted by Gasteiger charge is -2.07. The van der Waals surface area contributed by atoms with Crippen molar-refractivity contribution in [2.24, 2.45) is 5.73 Å². The number of primary amides is 1. The van der Waals surface area contributed by atoms with E-state index in [4.69, 9.17) is 10.5 Å². The van der Waals surface area contributed by atoms with Crippen molar-refractivity contribution >= 4 is 28.3 Å². The van der Waals surface area contributed by atoms with Crippen LogP contribution in [0.25, 0.3) is 0 Å². The Labute approximate surface area is 109 Å². The van der Waals surface area contributed by atoms with Gasteiger partial charge in [-0.15, -0.1) is 0 Å². The van der Waals surface area contributed by atoms with Gasteiger partial charge in [0.15, 0.2) is 5.13 Å². The van der Waals surface area contributed by atoms with E-state index < -0.39 is 5.91 Å². The van der Waals surface area contributed by atoms with Crippen molar-refractivity contribution in [1.82, 2.24) is 4.98 Å². The Kier molecular flexibility index (Phi) is 4.27. The minimum absolute atomic E-state index is 0.115. The molecule has 0 aliphatic carbocycles. The lowest BCUT2D eigenvalue weighted by molar-refractivity contribution is -0.116. The number of rotatable bonds is 5. The largest absolute Gasteiger partial charge is 0.378 e. The maximum atomic E-state index is 11.6. The van der Waals surface area contributed by atoms with Crippen LogP contribution in [-0.4, -0.2) is 29.5 Å². The van der Waals surface area contributed by atoms with Gasteiger partial charge in [0.25, 0.3) is 5.91 Å². The van der Waals surface area contributed by atoms with Gasteiger partial charge < -0.3 is 15.8 Å². The van der Waals surface area contributed by atoms with Gasteiger partial charge in [0, 0.05) is 13.0 Å². The molecule has 1 fully saturated rings. The zero-order chi connectivity index (χ0) is 13.0. The predicted molar refractivity (Wildman–Crippen MR) is 67.5 cm³/mol. The summed E-state index contributed by atoms with van der Waals surface area (Å²) in [4.78, 5) is 26.7. The van der Waals surface area contributed by atoms with Gasteiger partial charge in [0.2, 0.25) is 5.91 Å². The van der Waals surface area contributed by atoms with Gasteiger partial charge >= 0.3 is 0 Å². The summed E-state index contributed by atoms with van der Waals surface area (Å²) >= 11 is 1.08. The van der Waals surface area contributed by atoms with E-state index in [1.165, 1.54) is 6.20 Å². The highest BCUT2D eigenvalue weighted by atomic mass is 32.1. The first kappa shape index (κ1) is 13.0. The van der Waals surface area contributed by atoms with Gasteiger partial charge in [-0.25, -0.2) is 4.98 Å². The van der Waals surface area contributed by atoms with Gasteiger partial charge in [-0.1, -0.05) is 11.3 Å². The summed E-state index contributed by atoms with van der Waals surface area (Å²) in [6.45, 7) is 0.792. The number of nitrogens with two attached hydrogens (primary N) is 1. The number of aromatic nitrogens is 1. The third-order valence-electron chi connectivity index (χ3n) is 2.71. The molecule has 1 aromatic rings. The monoisotopic (exact) mass is 269 g/mol. The summed E-state index contributed by atoms with van der Waals surface area (Å²) in [5.74, 6) is -0.650. The second-order valence-electron chi connectivity index (χ2n) is 4.12. The fraction of sp³-hybridized carbons (Fsp3) is 0.545. The standard InChI is InChI=1S/C11H15N3O3S/c12-10(16)8-6-13-11(18-8)14-9(15)4-3-7-2-1-5-17-7/h6-7H,1-5H2,(H2,12,16)(H,13,14,15). The van der Waals surface area contributed by atoms with Crippen molar-refractivity contribution in [3.8, 4) is 0 Å². The number of carbonyl (C=O) groups excluding carboxylic acids is 2. The molecule has 6 nitrogen and oxygen atoms in total. The first-order valence-electron chi connectivity index (χ1n) is 5.82.